The van der Waals surface area contributed by atoms with Crippen LogP contribution >= 0.6 is 11.8 Å². The Labute approximate surface area is 110 Å². The second-order valence-electron chi connectivity index (χ2n) is 4.17. The van der Waals surface area contributed by atoms with Crippen LogP contribution in [0.1, 0.15) is 17.5 Å². The Morgan fingerprint density at radius 2 is 2.06 bits per heavy atom. The number of hydrogen-bond donors (Lipinski definition) is 1. The van der Waals surface area contributed by atoms with Gasteiger partial charge in [-0.05, 0) is 43.5 Å². The topological polar surface area (TPSA) is 12.0 Å². The summed E-state index contributed by atoms with van der Waals surface area (Å²) in [6, 6.07) is 5.79. The summed E-state index contributed by atoms with van der Waals surface area (Å²) in [5, 5.41) is 3.15. The van der Waals surface area contributed by atoms with Crippen molar-refractivity contribution in [2.75, 3.05) is 19.1 Å². The quantitative estimate of drug-likeness (QED) is 0.853. The first-order valence-electron chi connectivity index (χ1n) is 5.79. The minimum Gasteiger partial charge on any atom is -0.317 e. The maximum Gasteiger partial charge on any atom is 0.416 e. The Morgan fingerprint density at radius 3 is 2.61 bits per heavy atom. The van der Waals surface area contributed by atoms with E-state index < -0.39 is 11.7 Å². The lowest BCUT2D eigenvalue weighted by molar-refractivity contribution is -0.137. The maximum absolute atomic E-state index is 12.6. The first kappa shape index (κ1) is 15.4. The molecule has 0 spiro atoms. The van der Waals surface area contributed by atoms with Gasteiger partial charge in [0.2, 0.25) is 0 Å². The zero-order chi connectivity index (χ0) is 13.6. The molecule has 5 heteroatoms. The van der Waals surface area contributed by atoms with Gasteiger partial charge >= 0.3 is 6.18 Å². The lowest BCUT2D eigenvalue weighted by atomic mass is 10.0. The van der Waals surface area contributed by atoms with Gasteiger partial charge in [0.25, 0.3) is 0 Å². The van der Waals surface area contributed by atoms with E-state index in [1.807, 2.05) is 13.3 Å². The zero-order valence-corrected chi connectivity index (χ0v) is 11.4. The molecule has 1 unspecified atom stereocenters. The van der Waals surface area contributed by atoms with Crippen LogP contribution in [0.4, 0.5) is 13.2 Å². The smallest absolute Gasteiger partial charge is 0.317 e. The summed E-state index contributed by atoms with van der Waals surface area (Å²) in [6.07, 6.45) is -0.656. The number of halogens is 3. The van der Waals surface area contributed by atoms with E-state index in [4.69, 9.17) is 0 Å². The zero-order valence-electron chi connectivity index (χ0n) is 10.6. The fourth-order valence-corrected chi connectivity index (χ4v) is 2.29. The van der Waals surface area contributed by atoms with Crippen molar-refractivity contribution in [3.63, 3.8) is 0 Å². The summed E-state index contributed by atoms with van der Waals surface area (Å²) in [5.41, 5.74) is 0.157. The predicted molar refractivity (Wildman–Crippen MR) is 71.0 cm³/mol. The molecule has 1 aromatic carbocycles. The summed E-state index contributed by atoms with van der Waals surface area (Å²) in [7, 11) is 1.85. The molecule has 0 aliphatic carbocycles. The first-order valence-corrected chi connectivity index (χ1v) is 7.19. The van der Waals surface area contributed by atoms with Crippen LogP contribution in [-0.4, -0.2) is 25.1 Å². The minimum absolute atomic E-state index is 0.223. The van der Waals surface area contributed by atoms with E-state index in [0.29, 0.717) is 6.42 Å². The van der Waals surface area contributed by atoms with Crippen molar-refractivity contribution in [1.29, 1.82) is 0 Å². The van der Waals surface area contributed by atoms with Crippen molar-refractivity contribution in [1.82, 2.24) is 5.32 Å². The lowest BCUT2D eigenvalue weighted by Gasteiger charge is -2.16. The van der Waals surface area contributed by atoms with Crippen molar-refractivity contribution >= 4 is 11.8 Å². The Hall–Kier alpha value is -0.680. The Kier molecular flexibility index (Phi) is 6.02. The van der Waals surface area contributed by atoms with Gasteiger partial charge in [0.05, 0.1) is 5.56 Å². The van der Waals surface area contributed by atoms with Crippen molar-refractivity contribution < 1.29 is 13.2 Å². The fraction of sp³-hybridized carbons (Fsp3) is 0.538. The van der Waals surface area contributed by atoms with E-state index in [0.717, 1.165) is 23.8 Å². The van der Waals surface area contributed by atoms with Gasteiger partial charge in [-0.15, -0.1) is 0 Å². The molecule has 0 aliphatic rings. The van der Waals surface area contributed by atoms with Gasteiger partial charge < -0.3 is 5.32 Å². The van der Waals surface area contributed by atoms with Crippen molar-refractivity contribution in [3.05, 3.63) is 35.4 Å². The highest BCUT2D eigenvalue weighted by molar-refractivity contribution is 7.98. The lowest BCUT2D eigenvalue weighted by Crippen LogP contribution is -2.28. The van der Waals surface area contributed by atoms with E-state index in [1.165, 1.54) is 12.1 Å². The molecule has 0 aliphatic heterocycles. The van der Waals surface area contributed by atoms with Gasteiger partial charge in [-0.25, -0.2) is 0 Å². The molecule has 0 saturated carbocycles. The van der Waals surface area contributed by atoms with Gasteiger partial charge in [-0.1, -0.05) is 18.2 Å². The average molecular weight is 277 g/mol. The number of rotatable bonds is 6. The van der Waals surface area contributed by atoms with E-state index >= 15 is 0 Å². The SMILES string of the molecule is CNC(CCSC)Cc1cccc(C(F)(F)F)c1. The third kappa shape index (κ3) is 4.90. The normalized spacial score (nSPS) is 13.6. The molecule has 0 amide bonds. The molecule has 0 radical (unpaired) electrons. The van der Waals surface area contributed by atoms with Crippen LogP contribution in [-0.2, 0) is 12.6 Å². The van der Waals surface area contributed by atoms with Crippen LogP contribution in [0.25, 0.3) is 0 Å². The van der Waals surface area contributed by atoms with Crippen molar-refractivity contribution in [3.8, 4) is 0 Å². The number of thioether (sulfide) groups is 1. The molecule has 0 bridgehead atoms. The highest BCUT2D eigenvalue weighted by atomic mass is 32.2. The Bertz CT molecular complexity index is 365. The number of alkyl halides is 3. The van der Waals surface area contributed by atoms with E-state index in [1.54, 1.807) is 17.8 Å². The van der Waals surface area contributed by atoms with Crippen molar-refractivity contribution in [2.45, 2.75) is 25.1 Å². The molecule has 1 nitrogen and oxygen atoms in total. The average Bonchev–Trinajstić information content (AvgIpc) is 2.33. The Balaban J connectivity index is 2.71. The molecule has 0 aromatic heterocycles. The van der Waals surface area contributed by atoms with E-state index in [2.05, 4.69) is 5.32 Å². The highest BCUT2D eigenvalue weighted by Crippen LogP contribution is 2.29. The molecule has 18 heavy (non-hydrogen) atoms. The molecule has 1 atom stereocenters. The standard InChI is InChI=1S/C13H18F3NS/c1-17-12(6-7-18-2)9-10-4-3-5-11(8-10)13(14,15)16/h3-5,8,12,17H,6-7,9H2,1-2H3. The van der Waals surface area contributed by atoms with Crippen LogP contribution in [0.3, 0.4) is 0 Å². The van der Waals surface area contributed by atoms with Gasteiger partial charge in [0.1, 0.15) is 0 Å². The van der Waals surface area contributed by atoms with Crippen LogP contribution in [0.2, 0.25) is 0 Å². The third-order valence-corrected chi connectivity index (χ3v) is 3.46. The molecule has 0 fully saturated rings. The molecule has 0 heterocycles. The third-order valence-electron chi connectivity index (χ3n) is 2.82. The van der Waals surface area contributed by atoms with Crippen LogP contribution in [0.5, 0.6) is 0 Å². The molecule has 1 aromatic rings. The van der Waals surface area contributed by atoms with Crippen LogP contribution in [0, 0.1) is 0 Å². The van der Waals surface area contributed by atoms with E-state index in [9.17, 15) is 13.2 Å². The molecular weight excluding hydrogens is 259 g/mol. The number of likely N-dealkylation sites (N-methyl/N-ethyl adjacent to an activating group) is 1. The molecule has 102 valence electrons. The van der Waals surface area contributed by atoms with Gasteiger partial charge in [-0.2, -0.15) is 24.9 Å². The summed E-state index contributed by atoms with van der Waals surface area (Å²) in [5.74, 6) is 1.00. The van der Waals surface area contributed by atoms with Crippen LogP contribution < -0.4 is 5.32 Å². The minimum atomic E-state index is -4.26. The number of hydrogen-bond acceptors (Lipinski definition) is 2. The second-order valence-corrected chi connectivity index (χ2v) is 5.15. The number of benzene rings is 1. The molecule has 1 rings (SSSR count). The summed E-state index contributed by atoms with van der Waals surface area (Å²) < 4.78 is 37.7. The van der Waals surface area contributed by atoms with Gasteiger partial charge in [-0.3, -0.25) is 0 Å². The maximum atomic E-state index is 12.6. The number of nitrogens with one attached hydrogen (secondary N) is 1. The van der Waals surface area contributed by atoms with Gasteiger partial charge in [0, 0.05) is 6.04 Å². The molecule has 0 saturated heterocycles. The Morgan fingerprint density at radius 1 is 1.33 bits per heavy atom. The monoisotopic (exact) mass is 277 g/mol. The summed E-state index contributed by atoms with van der Waals surface area (Å²) >= 11 is 1.74. The van der Waals surface area contributed by atoms with E-state index in [-0.39, 0.29) is 6.04 Å². The van der Waals surface area contributed by atoms with Crippen molar-refractivity contribution in [2.24, 2.45) is 0 Å². The largest absolute Gasteiger partial charge is 0.416 e. The first-order chi connectivity index (χ1) is 8.47. The molecule has 1 N–H and O–H groups in total. The fourth-order valence-electron chi connectivity index (χ4n) is 1.77. The molecular formula is C13H18F3NS. The summed E-state index contributed by atoms with van der Waals surface area (Å²) in [4.78, 5) is 0. The van der Waals surface area contributed by atoms with Gasteiger partial charge in [0.15, 0.2) is 0 Å². The van der Waals surface area contributed by atoms with Crippen LogP contribution in [0.15, 0.2) is 24.3 Å². The second kappa shape index (κ2) is 7.04. The summed E-state index contributed by atoms with van der Waals surface area (Å²) in [6.45, 7) is 0. The predicted octanol–water partition coefficient (Wildman–Crippen LogP) is 3.59. The highest BCUT2D eigenvalue weighted by Gasteiger charge is 2.30.